The van der Waals surface area contributed by atoms with Crippen LogP contribution < -0.4 is 0 Å². The van der Waals surface area contributed by atoms with Crippen molar-refractivity contribution >= 4 is 23.1 Å². The maximum absolute atomic E-state index is 15.1. The van der Waals surface area contributed by atoms with Gasteiger partial charge in [0.15, 0.2) is 23.1 Å². The smallest absolute Gasteiger partial charge is 0.174 e. The molecule has 4 aromatic rings. The van der Waals surface area contributed by atoms with E-state index in [2.05, 4.69) is 132 Å². The van der Waals surface area contributed by atoms with Gasteiger partial charge in [0.2, 0.25) is 0 Å². The van der Waals surface area contributed by atoms with Crippen LogP contribution in [0.5, 0.6) is 0 Å². The highest BCUT2D eigenvalue weighted by Crippen LogP contribution is 2.32. The maximum Gasteiger partial charge on any atom is 0.174 e. The lowest BCUT2D eigenvalue weighted by Gasteiger charge is -2.24. The number of hydrogen-bond donors (Lipinski definition) is 0. The Balaban J connectivity index is 1.77. The second-order valence-corrected chi connectivity index (χ2v) is 17.2. The van der Waals surface area contributed by atoms with E-state index < -0.39 is 11.8 Å². The predicted octanol–water partition coefficient (Wildman–Crippen LogP) is 13.3. The zero-order valence-corrected chi connectivity index (χ0v) is 41.1. The second-order valence-electron chi connectivity index (χ2n) is 17.2. The Kier molecular flexibility index (Phi) is 19.9. The molecule has 0 aliphatic heterocycles. The number of ketones is 4. The number of benzene rings is 4. The minimum absolute atomic E-state index is 0.139. The standard InChI is InChI=1S/C58H78O5/c1-13-37-29-41(17-5)51(42(18-6)30-37)55(59)49(56(60)52-43(19-7)31-38(14-2)32-44(52)20-8)25-27-63-28-26-50(57(61)53-45(21-9)33-39(15-3)34-46(53)22-10)58(62)54-47(23-11)35-40(16-4)36-48(54)24-12/h29-36,49-50H,13-28H2,1-12H3. The van der Waals surface area contributed by atoms with Gasteiger partial charge in [-0.3, -0.25) is 19.2 Å². The van der Waals surface area contributed by atoms with Gasteiger partial charge in [-0.2, -0.15) is 0 Å². The Hall–Kier alpha value is -4.48. The third kappa shape index (κ3) is 11.6. The second kappa shape index (κ2) is 24.5. The van der Waals surface area contributed by atoms with Gasteiger partial charge in [-0.25, -0.2) is 0 Å². The highest BCUT2D eigenvalue weighted by molar-refractivity contribution is 6.19. The van der Waals surface area contributed by atoms with Crippen LogP contribution in [0.1, 0.15) is 204 Å². The summed E-state index contributed by atoms with van der Waals surface area (Å²) in [6.07, 6.45) is 9.39. The molecule has 340 valence electrons. The van der Waals surface area contributed by atoms with Gasteiger partial charge in [0.05, 0.1) is 11.8 Å². The molecule has 0 heterocycles. The van der Waals surface area contributed by atoms with Crippen molar-refractivity contribution in [1.82, 2.24) is 0 Å². The van der Waals surface area contributed by atoms with E-state index in [0.29, 0.717) is 73.6 Å². The van der Waals surface area contributed by atoms with Gasteiger partial charge in [-0.15, -0.1) is 0 Å². The predicted molar refractivity (Wildman–Crippen MR) is 263 cm³/mol. The first kappa shape index (κ1) is 51.2. The summed E-state index contributed by atoms with van der Waals surface area (Å²) < 4.78 is 6.43. The largest absolute Gasteiger partial charge is 0.381 e. The number of Topliss-reactive ketones (excluding diaryl/α,β-unsaturated/α-hetero) is 4. The van der Waals surface area contributed by atoms with Gasteiger partial charge in [0.1, 0.15) is 0 Å². The molecule has 0 aliphatic rings. The van der Waals surface area contributed by atoms with Gasteiger partial charge in [0, 0.05) is 35.5 Å². The molecule has 5 nitrogen and oxygen atoms in total. The van der Waals surface area contributed by atoms with E-state index >= 15 is 19.2 Å². The van der Waals surface area contributed by atoms with E-state index in [1.54, 1.807) is 0 Å². The first-order valence-electron chi connectivity index (χ1n) is 24.7. The van der Waals surface area contributed by atoms with Gasteiger partial charge in [0.25, 0.3) is 0 Å². The third-order valence-corrected chi connectivity index (χ3v) is 13.5. The van der Waals surface area contributed by atoms with Crippen molar-refractivity contribution in [3.63, 3.8) is 0 Å². The fraction of sp³-hybridized carbons (Fsp3) is 0.517. The molecule has 63 heavy (non-hydrogen) atoms. The third-order valence-electron chi connectivity index (χ3n) is 13.5. The summed E-state index contributed by atoms with van der Waals surface area (Å²) in [5.41, 5.74) is 15.3. The molecule has 0 amide bonds. The van der Waals surface area contributed by atoms with Crippen LogP contribution in [0.3, 0.4) is 0 Å². The zero-order valence-electron chi connectivity index (χ0n) is 41.1. The summed E-state index contributed by atoms with van der Waals surface area (Å²) in [4.78, 5) is 60.3. The lowest BCUT2D eigenvalue weighted by molar-refractivity contribution is 0.0671. The molecule has 0 atom stereocenters. The minimum Gasteiger partial charge on any atom is -0.381 e. The van der Waals surface area contributed by atoms with Crippen LogP contribution in [-0.2, 0) is 81.8 Å². The average molecular weight is 855 g/mol. The monoisotopic (exact) mass is 855 g/mol. The van der Waals surface area contributed by atoms with Crippen molar-refractivity contribution < 1.29 is 23.9 Å². The summed E-state index contributed by atoms with van der Waals surface area (Å²) in [5, 5.41) is 0. The number of carbonyl (C=O) groups is 4. The fourth-order valence-electron chi connectivity index (χ4n) is 9.64. The van der Waals surface area contributed by atoms with Crippen LogP contribution in [0.4, 0.5) is 0 Å². The molecular weight excluding hydrogens is 777 g/mol. The van der Waals surface area contributed by atoms with Crippen molar-refractivity contribution in [2.75, 3.05) is 13.2 Å². The lowest BCUT2D eigenvalue weighted by atomic mass is 9.79. The number of aryl methyl sites for hydroxylation is 12. The van der Waals surface area contributed by atoms with E-state index in [1.165, 1.54) is 22.3 Å². The van der Waals surface area contributed by atoms with Crippen molar-refractivity contribution in [3.8, 4) is 0 Å². The van der Waals surface area contributed by atoms with Crippen LogP contribution in [-0.4, -0.2) is 36.3 Å². The zero-order chi connectivity index (χ0) is 46.4. The van der Waals surface area contributed by atoms with Crippen LogP contribution >= 0.6 is 0 Å². The SMILES string of the molecule is CCc1cc(CC)c(C(=O)C(CCOCCC(C(=O)c2c(CC)cc(CC)cc2CC)C(=O)c2c(CC)cc(CC)cc2CC)C(=O)c2c(CC)cc(CC)cc2CC)c(CC)c1. The number of hydrogen-bond acceptors (Lipinski definition) is 5. The molecule has 0 bridgehead atoms. The summed E-state index contributed by atoms with van der Waals surface area (Å²) >= 11 is 0. The topological polar surface area (TPSA) is 77.5 Å². The lowest BCUT2D eigenvalue weighted by Crippen LogP contribution is -2.30. The van der Waals surface area contributed by atoms with E-state index in [0.717, 1.165) is 70.2 Å². The van der Waals surface area contributed by atoms with Gasteiger partial charge in [-0.05, 0) is 157 Å². The molecule has 0 saturated carbocycles. The average Bonchev–Trinajstić information content (AvgIpc) is 3.33. The van der Waals surface area contributed by atoms with Gasteiger partial charge in [-0.1, -0.05) is 132 Å². The van der Waals surface area contributed by atoms with Crippen molar-refractivity contribution in [3.05, 3.63) is 138 Å². The molecule has 0 radical (unpaired) electrons. The Morgan fingerprint density at radius 3 is 0.635 bits per heavy atom. The first-order valence-corrected chi connectivity index (χ1v) is 24.7. The maximum atomic E-state index is 15.1. The summed E-state index contributed by atoms with van der Waals surface area (Å²) in [6.45, 7) is 25.4. The highest BCUT2D eigenvalue weighted by Gasteiger charge is 2.35. The Labute approximate surface area is 381 Å². The van der Waals surface area contributed by atoms with E-state index in [9.17, 15) is 0 Å². The Morgan fingerprint density at radius 2 is 0.492 bits per heavy atom. The van der Waals surface area contributed by atoms with E-state index in [1.807, 2.05) is 0 Å². The Morgan fingerprint density at radius 1 is 0.317 bits per heavy atom. The number of rotatable bonds is 26. The molecule has 0 N–H and O–H groups in total. The van der Waals surface area contributed by atoms with Gasteiger partial charge >= 0.3 is 0 Å². The fourth-order valence-corrected chi connectivity index (χ4v) is 9.64. The molecule has 0 fully saturated rings. The summed E-state index contributed by atoms with van der Waals surface area (Å²) in [7, 11) is 0. The highest BCUT2D eigenvalue weighted by atomic mass is 16.5. The number of carbonyl (C=O) groups excluding carboxylic acids is 4. The van der Waals surface area contributed by atoms with E-state index in [-0.39, 0.29) is 49.2 Å². The summed E-state index contributed by atoms with van der Waals surface area (Å²) in [6, 6.07) is 17.1. The molecule has 4 aromatic carbocycles. The summed E-state index contributed by atoms with van der Waals surface area (Å²) in [5.74, 6) is -2.45. The van der Waals surface area contributed by atoms with Crippen LogP contribution in [0.15, 0.2) is 48.5 Å². The molecule has 0 saturated heterocycles. The van der Waals surface area contributed by atoms with Gasteiger partial charge < -0.3 is 4.74 Å². The quantitative estimate of drug-likeness (QED) is 0.0357. The van der Waals surface area contributed by atoms with Crippen molar-refractivity contribution in [1.29, 1.82) is 0 Å². The van der Waals surface area contributed by atoms with Crippen LogP contribution in [0, 0.1) is 11.8 Å². The van der Waals surface area contributed by atoms with Crippen molar-refractivity contribution in [2.24, 2.45) is 11.8 Å². The van der Waals surface area contributed by atoms with Crippen LogP contribution in [0.2, 0.25) is 0 Å². The normalized spacial score (nSPS) is 11.5. The molecular formula is C58H78O5. The van der Waals surface area contributed by atoms with E-state index in [4.69, 9.17) is 4.74 Å². The minimum atomic E-state index is -0.942. The molecule has 0 unspecified atom stereocenters. The first-order chi connectivity index (χ1) is 30.4. The molecule has 4 rings (SSSR count). The van der Waals surface area contributed by atoms with Crippen molar-refractivity contribution in [2.45, 2.75) is 173 Å². The molecule has 0 aromatic heterocycles. The molecule has 0 spiro atoms. The van der Waals surface area contributed by atoms with Crippen LogP contribution in [0.25, 0.3) is 0 Å². The molecule has 5 heteroatoms. The number of ether oxygens (including phenoxy) is 1. The molecule has 0 aliphatic carbocycles. The Bertz CT molecular complexity index is 1830.